The average molecular weight is 481 g/mol. The summed E-state index contributed by atoms with van der Waals surface area (Å²) >= 11 is 0. The van der Waals surface area contributed by atoms with Crippen LogP contribution in [0.4, 0.5) is 8.78 Å². The van der Waals surface area contributed by atoms with Gasteiger partial charge in [0.25, 0.3) is 11.5 Å². The lowest BCUT2D eigenvalue weighted by molar-refractivity contribution is -0.157. The van der Waals surface area contributed by atoms with Crippen LogP contribution in [0.2, 0.25) is 0 Å². The molecule has 3 fully saturated rings. The number of hydrogen-bond acceptors (Lipinski definition) is 10. The Labute approximate surface area is 179 Å². The summed E-state index contributed by atoms with van der Waals surface area (Å²) in [6.45, 7) is 3.05. The van der Waals surface area contributed by atoms with Gasteiger partial charge in [-0.05, 0) is 20.8 Å². The van der Waals surface area contributed by atoms with E-state index in [1.165, 1.54) is 27.0 Å². The lowest BCUT2D eigenvalue weighted by Crippen LogP contribution is -2.57. The summed E-state index contributed by atoms with van der Waals surface area (Å²) in [4.78, 5) is 37.0. The summed E-state index contributed by atoms with van der Waals surface area (Å²) in [7, 11) is -4.48. The van der Waals surface area contributed by atoms with E-state index in [1.54, 1.807) is 0 Å². The first kappa shape index (κ1) is 23.2. The second kappa shape index (κ2) is 7.27. The van der Waals surface area contributed by atoms with E-state index in [0.717, 1.165) is 10.6 Å². The van der Waals surface area contributed by atoms with Crippen molar-refractivity contribution >= 4 is 13.8 Å². The van der Waals surface area contributed by atoms with Gasteiger partial charge in [-0.1, -0.05) is 0 Å². The molecule has 1 unspecified atom stereocenters. The molecule has 15 heteroatoms. The minimum atomic E-state index is -4.48. The molecule has 12 nitrogen and oxygen atoms in total. The molecule has 2 aliphatic heterocycles. The van der Waals surface area contributed by atoms with E-state index in [0.29, 0.717) is 0 Å². The molecule has 0 aromatic carbocycles. The first-order valence-electron chi connectivity index (χ1n) is 9.68. The molecule has 1 saturated carbocycles. The van der Waals surface area contributed by atoms with Gasteiger partial charge < -0.3 is 15.2 Å². The summed E-state index contributed by atoms with van der Waals surface area (Å²) in [5, 5.41) is 0. The largest absolute Gasteiger partial charge is 0.476 e. The SMILES string of the molecule is CC(C)OC(=O)CC(F)(F)CO[P@]1(=O)OC2[C@H]3O[C@@H](n4ccc(=O)[nH]c4=O)[C@](C)(N)[C@@]23O1. The fourth-order valence-corrected chi connectivity index (χ4v) is 5.83. The minimum Gasteiger partial charge on any atom is -0.463 e. The molecule has 0 radical (unpaired) electrons. The Balaban J connectivity index is 1.45. The molecule has 1 aromatic heterocycles. The molecule has 1 aliphatic carbocycles. The number of phosphoric acid groups is 1. The molecular weight excluding hydrogens is 459 g/mol. The molecule has 0 amide bonds. The number of carbonyl (C=O) groups is 1. The molecule has 3 heterocycles. The number of aromatic amines is 1. The number of ether oxygens (including phenoxy) is 2. The quantitative estimate of drug-likeness (QED) is 0.412. The molecule has 4 rings (SSSR count). The van der Waals surface area contributed by atoms with E-state index in [9.17, 15) is 27.7 Å². The fraction of sp³-hybridized carbons (Fsp3) is 0.706. The van der Waals surface area contributed by atoms with Gasteiger partial charge in [0.05, 0.1) is 11.6 Å². The monoisotopic (exact) mass is 481 g/mol. The number of hydrogen-bond donors (Lipinski definition) is 2. The number of fused-ring (bicyclic) bond motifs is 1. The van der Waals surface area contributed by atoms with E-state index in [1.807, 2.05) is 0 Å². The van der Waals surface area contributed by atoms with Crippen molar-refractivity contribution in [1.82, 2.24) is 9.55 Å². The van der Waals surface area contributed by atoms with Gasteiger partial charge in [-0.15, -0.1) is 0 Å². The van der Waals surface area contributed by atoms with Crippen molar-refractivity contribution in [2.24, 2.45) is 5.73 Å². The average Bonchev–Trinajstić information content (AvgIpc) is 2.96. The van der Waals surface area contributed by atoms with Crippen molar-refractivity contribution in [3.05, 3.63) is 33.1 Å². The summed E-state index contributed by atoms with van der Waals surface area (Å²) in [6, 6.07) is 1.09. The van der Waals surface area contributed by atoms with E-state index in [-0.39, 0.29) is 0 Å². The van der Waals surface area contributed by atoms with Crippen molar-refractivity contribution in [1.29, 1.82) is 0 Å². The number of alkyl halides is 2. The van der Waals surface area contributed by atoms with Gasteiger partial charge in [-0.2, -0.15) is 0 Å². The maximum Gasteiger partial charge on any atom is 0.476 e. The maximum absolute atomic E-state index is 14.1. The Morgan fingerprint density at radius 3 is 2.72 bits per heavy atom. The molecule has 178 valence electrons. The lowest BCUT2D eigenvalue weighted by atomic mass is 9.92. The Kier molecular flexibility index (Phi) is 5.27. The maximum atomic E-state index is 14.1. The number of H-pyrrole nitrogens is 1. The Hall–Kier alpha value is -1.96. The zero-order valence-electron chi connectivity index (χ0n) is 17.3. The van der Waals surface area contributed by atoms with Gasteiger partial charge >= 0.3 is 19.5 Å². The van der Waals surface area contributed by atoms with Crippen LogP contribution in [0.25, 0.3) is 0 Å². The highest BCUT2D eigenvalue weighted by Crippen LogP contribution is 2.77. The van der Waals surface area contributed by atoms with Gasteiger partial charge in [0.2, 0.25) is 0 Å². The van der Waals surface area contributed by atoms with Crippen LogP contribution >= 0.6 is 7.82 Å². The van der Waals surface area contributed by atoms with Crippen LogP contribution in [-0.4, -0.2) is 57.5 Å². The van der Waals surface area contributed by atoms with Crippen LogP contribution in [0.15, 0.2) is 21.9 Å². The number of aromatic nitrogens is 2. The number of rotatable bonds is 7. The van der Waals surface area contributed by atoms with Crippen LogP contribution in [0, 0.1) is 0 Å². The summed E-state index contributed by atoms with van der Waals surface area (Å²) in [5.74, 6) is -4.83. The van der Waals surface area contributed by atoms with Gasteiger partial charge in [0.15, 0.2) is 11.8 Å². The number of esters is 1. The number of carbonyl (C=O) groups excluding carboxylic acids is 1. The molecule has 1 aromatic rings. The smallest absolute Gasteiger partial charge is 0.463 e. The molecule has 1 spiro atoms. The van der Waals surface area contributed by atoms with Crippen LogP contribution in [0.5, 0.6) is 0 Å². The zero-order chi connectivity index (χ0) is 23.7. The van der Waals surface area contributed by atoms with Crippen LogP contribution < -0.4 is 17.0 Å². The summed E-state index contributed by atoms with van der Waals surface area (Å²) < 4.78 is 67.8. The molecule has 6 atom stereocenters. The first-order chi connectivity index (χ1) is 14.7. The molecule has 32 heavy (non-hydrogen) atoms. The number of nitrogens with one attached hydrogen (secondary N) is 1. The van der Waals surface area contributed by atoms with E-state index >= 15 is 0 Å². The highest BCUT2D eigenvalue weighted by atomic mass is 31.2. The third-order valence-corrected chi connectivity index (χ3v) is 6.91. The van der Waals surface area contributed by atoms with E-state index < -0.39 is 79.7 Å². The van der Waals surface area contributed by atoms with Gasteiger partial charge in [-0.25, -0.2) is 18.1 Å². The summed E-state index contributed by atoms with van der Waals surface area (Å²) in [5.41, 5.74) is 1.92. The Morgan fingerprint density at radius 2 is 2.09 bits per heavy atom. The van der Waals surface area contributed by atoms with Gasteiger partial charge in [-0.3, -0.25) is 32.7 Å². The number of nitrogens with zero attached hydrogens (tertiary/aromatic N) is 1. The Morgan fingerprint density at radius 1 is 1.41 bits per heavy atom. The van der Waals surface area contributed by atoms with Crippen LogP contribution in [-0.2, 0) is 32.4 Å². The molecule has 2 saturated heterocycles. The molecule has 3 N–H and O–H groups in total. The highest BCUT2D eigenvalue weighted by Gasteiger charge is 2.89. The molecule has 0 bridgehead atoms. The second-order valence-corrected chi connectivity index (χ2v) is 9.96. The predicted octanol–water partition coefficient (Wildman–Crippen LogP) is 0.421. The number of nitrogens with two attached hydrogens (primary N) is 1. The van der Waals surface area contributed by atoms with Crippen LogP contribution in [0.1, 0.15) is 33.4 Å². The van der Waals surface area contributed by atoms with E-state index in [4.69, 9.17) is 24.0 Å². The fourth-order valence-electron chi connectivity index (χ4n) is 4.01. The Bertz CT molecular complexity index is 1100. The number of halogens is 2. The highest BCUT2D eigenvalue weighted by molar-refractivity contribution is 7.48. The third kappa shape index (κ3) is 3.64. The normalized spacial score (nSPS) is 37.9. The first-order valence-corrected chi connectivity index (χ1v) is 11.1. The standard InChI is InChI=1S/C17H22F2N3O9P/c1-8(2)28-10(24)6-16(18,19)7-27-32(26)30-12-11-17(12,31-32)15(3,20)13(29-11)22-5-4-9(23)21-14(22)25/h4-5,8,11-13H,6-7,20H2,1-3H3,(H,21,23,25)/t11-,12?,13-,15+,17+,32-/m1/s1. The zero-order valence-corrected chi connectivity index (χ0v) is 18.2. The van der Waals surface area contributed by atoms with Crippen molar-refractivity contribution in [2.45, 2.75) is 68.8 Å². The summed E-state index contributed by atoms with van der Waals surface area (Å²) in [6.07, 6.45) is -3.62. The topological polar surface area (TPSA) is 161 Å². The second-order valence-electron chi connectivity index (χ2n) is 8.41. The van der Waals surface area contributed by atoms with E-state index in [2.05, 4.69) is 9.72 Å². The number of phosphoric ester groups is 1. The van der Waals surface area contributed by atoms with Gasteiger partial charge in [0, 0.05) is 12.3 Å². The predicted molar refractivity (Wildman–Crippen MR) is 101 cm³/mol. The third-order valence-electron chi connectivity index (χ3n) is 5.45. The molecular formula is C17H22F2N3O9P. The lowest BCUT2D eigenvalue weighted by Gasteiger charge is -2.33. The van der Waals surface area contributed by atoms with Crippen LogP contribution in [0.3, 0.4) is 0 Å². The van der Waals surface area contributed by atoms with Crippen molar-refractivity contribution in [3.8, 4) is 0 Å². The van der Waals surface area contributed by atoms with Crippen molar-refractivity contribution in [2.75, 3.05) is 6.61 Å². The van der Waals surface area contributed by atoms with Crippen molar-refractivity contribution < 1.29 is 41.2 Å². The van der Waals surface area contributed by atoms with Crippen molar-refractivity contribution in [3.63, 3.8) is 0 Å². The van der Waals surface area contributed by atoms with Gasteiger partial charge in [0.1, 0.15) is 25.2 Å². The molecule has 3 aliphatic rings. The minimum absolute atomic E-state index is 0.574.